The molecule has 0 fully saturated rings. The zero-order chi connectivity index (χ0) is 16.8. The quantitative estimate of drug-likeness (QED) is 0.575. The fourth-order valence-corrected chi connectivity index (χ4v) is 3.09. The van der Waals surface area contributed by atoms with Gasteiger partial charge < -0.3 is 0 Å². The smallest absolute Gasteiger partial charge is 0.268 e. The lowest BCUT2D eigenvalue weighted by molar-refractivity contribution is -0.0328. The van der Waals surface area contributed by atoms with Crippen molar-refractivity contribution < 1.29 is 22.8 Å². The molecule has 3 rings (SSSR count). The average Bonchev–Trinajstić information content (AvgIpc) is 2.73. The van der Waals surface area contributed by atoms with Crippen LogP contribution in [0.4, 0.5) is 18.9 Å². The molecule has 0 N–H and O–H groups in total. The maximum absolute atomic E-state index is 12.4. The van der Waals surface area contributed by atoms with Crippen LogP contribution in [0.1, 0.15) is 20.7 Å². The van der Waals surface area contributed by atoms with Crippen molar-refractivity contribution >= 4 is 40.9 Å². The molecule has 0 spiro atoms. The molecule has 23 heavy (non-hydrogen) atoms. The third kappa shape index (κ3) is 2.94. The van der Waals surface area contributed by atoms with Crippen LogP contribution >= 0.6 is 23.4 Å². The van der Waals surface area contributed by atoms with E-state index in [9.17, 15) is 22.8 Å². The molecule has 118 valence electrons. The van der Waals surface area contributed by atoms with Crippen molar-refractivity contribution in [1.82, 2.24) is 0 Å². The highest BCUT2D eigenvalue weighted by Gasteiger charge is 2.37. The Morgan fingerprint density at radius 3 is 2.00 bits per heavy atom. The van der Waals surface area contributed by atoms with Crippen molar-refractivity contribution in [3.8, 4) is 0 Å². The molecule has 0 unspecified atom stereocenters. The van der Waals surface area contributed by atoms with Gasteiger partial charge in [-0.3, -0.25) is 9.59 Å². The summed E-state index contributed by atoms with van der Waals surface area (Å²) in [5, 5.41) is -0.179. The number of carbonyl (C=O) groups excluding carboxylic acids is 2. The van der Waals surface area contributed by atoms with Crippen molar-refractivity contribution in [2.45, 2.75) is 10.4 Å². The Bertz CT molecular complexity index is 788. The number of hydrogen-bond acceptors (Lipinski definition) is 3. The minimum Gasteiger partial charge on any atom is -0.268 e. The predicted octanol–water partition coefficient (Wildman–Crippen LogP) is 4.75. The number of nitrogens with zero attached hydrogens (tertiary/aromatic N) is 1. The van der Waals surface area contributed by atoms with E-state index in [2.05, 4.69) is 0 Å². The summed E-state index contributed by atoms with van der Waals surface area (Å²) >= 11 is 5.50. The van der Waals surface area contributed by atoms with Crippen molar-refractivity contribution in [1.29, 1.82) is 0 Å². The highest BCUT2D eigenvalue weighted by molar-refractivity contribution is 8.00. The lowest BCUT2D eigenvalue weighted by Gasteiger charge is -2.15. The Morgan fingerprint density at radius 1 is 0.957 bits per heavy atom. The molecule has 0 saturated carbocycles. The number of imide groups is 1. The average molecular weight is 358 g/mol. The number of thioether (sulfide) groups is 1. The summed E-state index contributed by atoms with van der Waals surface area (Å²) in [6.45, 7) is 0. The van der Waals surface area contributed by atoms with Crippen LogP contribution in [0.5, 0.6) is 0 Å². The molecule has 3 nitrogen and oxygen atoms in total. The molecule has 0 aromatic heterocycles. The second-order valence-electron chi connectivity index (χ2n) is 4.65. The Kier molecular flexibility index (Phi) is 3.85. The minimum atomic E-state index is -4.47. The SMILES string of the molecule is O=C1c2ccccc2C(=O)N1c1ccc(SC(F)(F)F)c(Cl)c1. The summed E-state index contributed by atoms with van der Waals surface area (Å²) in [5.41, 5.74) is -3.84. The molecule has 1 aliphatic rings. The van der Waals surface area contributed by atoms with Crippen LogP contribution in [-0.4, -0.2) is 17.3 Å². The number of benzene rings is 2. The summed E-state index contributed by atoms with van der Waals surface area (Å²) in [5.74, 6) is -1.06. The van der Waals surface area contributed by atoms with E-state index in [1.54, 1.807) is 12.1 Å². The number of rotatable bonds is 2. The zero-order valence-corrected chi connectivity index (χ0v) is 12.8. The number of amides is 2. The predicted molar refractivity (Wildman–Crippen MR) is 80.9 cm³/mol. The van der Waals surface area contributed by atoms with E-state index in [0.29, 0.717) is 0 Å². The lowest BCUT2D eigenvalue weighted by atomic mass is 10.1. The summed E-state index contributed by atoms with van der Waals surface area (Å²) in [7, 11) is 0. The van der Waals surface area contributed by atoms with Gasteiger partial charge in [-0.1, -0.05) is 23.7 Å². The summed E-state index contributed by atoms with van der Waals surface area (Å²) in [4.78, 5) is 25.3. The third-order valence-electron chi connectivity index (χ3n) is 3.19. The van der Waals surface area contributed by atoms with Gasteiger partial charge in [-0.25, -0.2) is 4.90 Å². The van der Waals surface area contributed by atoms with E-state index in [4.69, 9.17) is 11.6 Å². The standard InChI is InChI=1S/C15H7ClF3NO2S/c16-11-7-8(5-6-12(11)23-15(17,18)19)20-13(21)9-3-1-2-4-10(9)14(20)22/h1-7H. The number of halogens is 4. The molecule has 0 aliphatic carbocycles. The number of anilines is 1. The summed E-state index contributed by atoms with van der Waals surface area (Å²) in [6, 6.07) is 9.88. The highest BCUT2D eigenvalue weighted by Crippen LogP contribution is 2.42. The number of carbonyl (C=O) groups is 2. The van der Waals surface area contributed by atoms with Crippen LogP contribution in [0.15, 0.2) is 47.4 Å². The number of hydrogen-bond donors (Lipinski definition) is 0. The second-order valence-corrected chi connectivity index (χ2v) is 6.17. The first kappa shape index (κ1) is 15.9. The van der Waals surface area contributed by atoms with Crippen LogP contribution in [0.2, 0.25) is 5.02 Å². The van der Waals surface area contributed by atoms with E-state index < -0.39 is 17.3 Å². The van der Waals surface area contributed by atoms with E-state index in [1.807, 2.05) is 0 Å². The van der Waals surface area contributed by atoms with Crippen molar-refractivity contribution in [2.24, 2.45) is 0 Å². The van der Waals surface area contributed by atoms with Crippen molar-refractivity contribution in [3.05, 3.63) is 58.6 Å². The van der Waals surface area contributed by atoms with E-state index in [-0.39, 0.29) is 38.5 Å². The fourth-order valence-electron chi connectivity index (χ4n) is 2.26. The Balaban J connectivity index is 1.97. The lowest BCUT2D eigenvalue weighted by Crippen LogP contribution is -2.29. The summed E-state index contributed by atoms with van der Waals surface area (Å²) in [6.07, 6.45) is 0. The minimum absolute atomic E-state index is 0.132. The van der Waals surface area contributed by atoms with Gasteiger partial charge in [0.05, 0.1) is 21.8 Å². The van der Waals surface area contributed by atoms with Crippen LogP contribution in [0.25, 0.3) is 0 Å². The van der Waals surface area contributed by atoms with Gasteiger partial charge in [-0.15, -0.1) is 0 Å². The van der Waals surface area contributed by atoms with Crippen LogP contribution in [0.3, 0.4) is 0 Å². The van der Waals surface area contributed by atoms with Gasteiger partial charge in [0.25, 0.3) is 11.8 Å². The second kappa shape index (κ2) is 5.58. The summed E-state index contributed by atoms with van der Waals surface area (Å²) < 4.78 is 37.2. The van der Waals surface area contributed by atoms with E-state index in [1.165, 1.54) is 24.3 Å². The molecule has 8 heteroatoms. The van der Waals surface area contributed by atoms with Gasteiger partial charge in [0.1, 0.15) is 0 Å². The molecule has 2 aromatic rings. The molecule has 0 radical (unpaired) electrons. The normalized spacial score (nSPS) is 14.3. The van der Waals surface area contributed by atoms with Crippen molar-refractivity contribution in [3.63, 3.8) is 0 Å². The molecule has 1 heterocycles. The first-order valence-electron chi connectivity index (χ1n) is 6.31. The maximum atomic E-state index is 12.4. The number of fused-ring (bicyclic) bond motifs is 1. The molecule has 0 bridgehead atoms. The topological polar surface area (TPSA) is 37.4 Å². The molecule has 0 atom stereocenters. The Morgan fingerprint density at radius 2 is 1.52 bits per heavy atom. The van der Waals surface area contributed by atoms with Gasteiger partial charge in [0.15, 0.2) is 0 Å². The van der Waals surface area contributed by atoms with Gasteiger partial charge in [0.2, 0.25) is 0 Å². The molecule has 2 amide bonds. The first-order valence-corrected chi connectivity index (χ1v) is 7.50. The van der Waals surface area contributed by atoms with Crippen molar-refractivity contribution in [2.75, 3.05) is 4.90 Å². The first-order chi connectivity index (χ1) is 10.8. The highest BCUT2D eigenvalue weighted by atomic mass is 35.5. The monoisotopic (exact) mass is 357 g/mol. The van der Waals surface area contributed by atoms with E-state index >= 15 is 0 Å². The van der Waals surface area contributed by atoms with Crippen LogP contribution in [0, 0.1) is 0 Å². The molecule has 1 aliphatic heterocycles. The van der Waals surface area contributed by atoms with Gasteiger partial charge >= 0.3 is 5.51 Å². The zero-order valence-electron chi connectivity index (χ0n) is 11.2. The fraction of sp³-hybridized carbons (Fsp3) is 0.0667. The molecule has 2 aromatic carbocycles. The molecular weight excluding hydrogens is 351 g/mol. The van der Waals surface area contributed by atoms with Crippen LogP contribution in [-0.2, 0) is 0 Å². The van der Waals surface area contributed by atoms with Gasteiger partial charge in [0, 0.05) is 4.90 Å². The molecular formula is C15H7ClF3NO2S. The van der Waals surface area contributed by atoms with Gasteiger partial charge in [-0.2, -0.15) is 13.2 Å². The van der Waals surface area contributed by atoms with Gasteiger partial charge in [-0.05, 0) is 42.1 Å². The third-order valence-corrected chi connectivity index (χ3v) is 4.43. The van der Waals surface area contributed by atoms with E-state index in [0.717, 1.165) is 11.0 Å². The maximum Gasteiger partial charge on any atom is 0.446 e. The number of alkyl halides is 3. The largest absolute Gasteiger partial charge is 0.446 e. The molecule has 0 saturated heterocycles. The van der Waals surface area contributed by atoms with Crippen LogP contribution < -0.4 is 4.90 Å². The Labute approximate surface area is 138 Å². The Hall–Kier alpha value is -1.99.